The Kier molecular flexibility index (Phi) is 8.17. The minimum atomic E-state index is 0.689. The standard InChI is InChI=1S/C58H36N2O/c1-2-14-40(15-3-1)58-59-52(39-29-27-38(28-30-39)47-24-12-26-55-57(47)50-23-8-9-25-54(50)61-55)36-53(60-58)44-19-10-17-41(33-44)42-18-11-20-45(34-42)56-48-22-7-5-16-43(48)35-51-46-21-6-4-13-37(46)31-32-49(51)56/h1-36H. The molecule has 0 radical (unpaired) electrons. The molecule has 3 nitrogen and oxygen atoms in total. The van der Waals surface area contributed by atoms with Gasteiger partial charge in [0.15, 0.2) is 5.82 Å². The van der Waals surface area contributed by atoms with Gasteiger partial charge in [-0.3, -0.25) is 0 Å². The van der Waals surface area contributed by atoms with Gasteiger partial charge in [0.2, 0.25) is 0 Å². The molecule has 2 aromatic heterocycles. The molecule has 0 atom stereocenters. The van der Waals surface area contributed by atoms with Gasteiger partial charge in [-0.05, 0) is 102 Å². The van der Waals surface area contributed by atoms with Gasteiger partial charge in [-0.2, -0.15) is 0 Å². The summed E-state index contributed by atoms with van der Waals surface area (Å²) in [5.41, 5.74) is 13.5. The number of aromatic nitrogens is 2. The van der Waals surface area contributed by atoms with E-state index in [9.17, 15) is 0 Å². The van der Waals surface area contributed by atoms with E-state index in [2.05, 4.69) is 182 Å². The predicted molar refractivity (Wildman–Crippen MR) is 254 cm³/mol. The van der Waals surface area contributed by atoms with Crippen molar-refractivity contribution in [3.63, 3.8) is 0 Å². The van der Waals surface area contributed by atoms with Gasteiger partial charge in [0.25, 0.3) is 0 Å². The van der Waals surface area contributed by atoms with Crippen LogP contribution in [0.2, 0.25) is 0 Å². The Bertz CT molecular complexity index is 3640. The maximum Gasteiger partial charge on any atom is 0.160 e. The predicted octanol–water partition coefficient (Wildman–Crippen LogP) is 15.8. The molecule has 0 fully saturated rings. The molecule has 12 aromatic rings. The van der Waals surface area contributed by atoms with Crippen molar-refractivity contribution in [2.24, 2.45) is 0 Å². The monoisotopic (exact) mass is 776 g/mol. The third-order valence-electron chi connectivity index (χ3n) is 12.1. The van der Waals surface area contributed by atoms with Crippen LogP contribution in [0, 0.1) is 0 Å². The highest BCUT2D eigenvalue weighted by Gasteiger charge is 2.16. The normalized spacial score (nSPS) is 11.6. The second-order valence-corrected chi connectivity index (χ2v) is 15.7. The lowest BCUT2D eigenvalue weighted by Gasteiger charge is -2.15. The molecule has 61 heavy (non-hydrogen) atoms. The lowest BCUT2D eigenvalue weighted by Crippen LogP contribution is -1.96. The maximum absolute atomic E-state index is 6.21. The van der Waals surface area contributed by atoms with Gasteiger partial charge in [0.05, 0.1) is 11.4 Å². The Morgan fingerprint density at radius 2 is 0.885 bits per heavy atom. The molecule has 284 valence electrons. The number of para-hydroxylation sites is 1. The molecule has 0 saturated heterocycles. The van der Waals surface area contributed by atoms with Crippen LogP contribution in [0.4, 0.5) is 0 Å². The fourth-order valence-corrected chi connectivity index (χ4v) is 9.14. The van der Waals surface area contributed by atoms with Crippen molar-refractivity contribution < 1.29 is 4.42 Å². The van der Waals surface area contributed by atoms with E-state index in [-0.39, 0.29) is 0 Å². The second-order valence-electron chi connectivity index (χ2n) is 15.7. The van der Waals surface area contributed by atoms with Crippen LogP contribution in [-0.2, 0) is 0 Å². The molecule has 2 heterocycles. The summed E-state index contributed by atoms with van der Waals surface area (Å²) >= 11 is 0. The second kappa shape index (κ2) is 14.3. The zero-order valence-electron chi connectivity index (χ0n) is 33.1. The molecular formula is C58H36N2O. The van der Waals surface area contributed by atoms with Crippen LogP contribution < -0.4 is 0 Å². The van der Waals surface area contributed by atoms with E-state index in [1.165, 1.54) is 43.4 Å². The summed E-state index contributed by atoms with van der Waals surface area (Å²) < 4.78 is 6.21. The Morgan fingerprint density at radius 3 is 1.70 bits per heavy atom. The summed E-state index contributed by atoms with van der Waals surface area (Å²) in [6, 6.07) is 77.6. The van der Waals surface area contributed by atoms with E-state index in [1.54, 1.807) is 0 Å². The number of hydrogen-bond donors (Lipinski definition) is 0. The third-order valence-corrected chi connectivity index (χ3v) is 12.1. The number of nitrogens with zero attached hydrogens (tertiary/aromatic N) is 2. The summed E-state index contributed by atoms with van der Waals surface area (Å²) in [6.45, 7) is 0. The van der Waals surface area contributed by atoms with Crippen LogP contribution in [0.25, 0.3) is 122 Å². The van der Waals surface area contributed by atoms with E-state index in [1.807, 2.05) is 36.4 Å². The van der Waals surface area contributed by atoms with Crippen molar-refractivity contribution in [1.29, 1.82) is 0 Å². The molecule has 3 heteroatoms. The molecule has 0 aliphatic carbocycles. The highest BCUT2D eigenvalue weighted by atomic mass is 16.3. The lowest BCUT2D eigenvalue weighted by atomic mass is 9.88. The summed E-state index contributed by atoms with van der Waals surface area (Å²) in [5, 5.41) is 9.78. The van der Waals surface area contributed by atoms with Gasteiger partial charge in [-0.25, -0.2) is 9.97 Å². The first-order valence-corrected chi connectivity index (χ1v) is 20.7. The van der Waals surface area contributed by atoms with Crippen molar-refractivity contribution in [3.05, 3.63) is 218 Å². The number of fused-ring (bicyclic) bond motifs is 7. The lowest BCUT2D eigenvalue weighted by molar-refractivity contribution is 0.669. The van der Waals surface area contributed by atoms with Crippen LogP contribution >= 0.6 is 0 Å². The summed E-state index contributed by atoms with van der Waals surface area (Å²) in [5.74, 6) is 0.689. The molecular weight excluding hydrogens is 741 g/mol. The zero-order chi connectivity index (χ0) is 40.3. The molecule has 0 amide bonds. The minimum absolute atomic E-state index is 0.689. The van der Waals surface area contributed by atoms with Crippen molar-refractivity contribution >= 4 is 54.3 Å². The Morgan fingerprint density at radius 1 is 0.295 bits per heavy atom. The molecule has 0 N–H and O–H groups in total. The quantitative estimate of drug-likeness (QED) is 0.125. The number of rotatable bonds is 6. The Balaban J connectivity index is 0.954. The van der Waals surface area contributed by atoms with Crippen molar-refractivity contribution in [2.75, 3.05) is 0 Å². The average Bonchev–Trinajstić information content (AvgIpc) is 3.73. The van der Waals surface area contributed by atoms with Gasteiger partial charge in [0, 0.05) is 27.5 Å². The van der Waals surface area contributed by atoms with E-state index in [0.717, 1.165) is 72.3 Å². The summed E-state index contributed by atoms with van der Waals surface area (Å²) in [7, 11) is 0. The fourth-order valence-electron chi connectivity index (χ4n) is 9.14. The van der Waals surface area contributed by atoms with E-state index in [0.29, 0.717) is 5.82 Å². The van der Waals surface area contributed by atoms with Crippen LogP contribution in [-0.4, -0.2) is 9.97 Å². The van der Waals surface area contributed by atoms with Gasteiger partial charge in [-0.1, -0.05) is 182 Å². The van der Waals surface area contributed by atoms with Crippen molar-refractivity contribution in [1.82, 2.24) is 9.97 Å². The van der Waals surface area contributed by atoms with Gasteiger partial charge in [-0.15, -0.1) is 0 Å². The van der Waals surface area contributed by atoms with Crippen molar-refractivity contribution in [3.8, 4) is 67.3 Å². The van der Waals surface area contributed by atoms with Gasteiger partial charge >= 0.3 is 0 Å². The highest BCUT2D eigenvalue weighted by molar-refractivity contribution is 6.20. The first-order chi connectivity index (χ1) is 30.2. The van der Waals surface area contributed by atoms with Crippen LogP contribution in [0.15, 0.2) is 223 Å². The molecule has 0 spiro atoms. The van der Waals surface area contributed by atoms with Crippen LogP contribution in [0.3, 0.4) is 0 Å². The van der Waals surface area contributed by atoms with E-state index >= 15 is 0 Å². The number of furan rings is 1. The number of hydrogen-bond acceptors (Lipinski definition) is 3. The molecule has 0 bridgehead atoms. The summed E-state index contributed by atoms with van der Waals surface area (Å²) in [6.07, 6.45) is 0. The van der Waals surface area contributed by atoms with Crippen LogP contribution in [0.5, 0.6) is 0 Å². The molecule has 0 aliphatic heterocycles. The van der Waals surface area contributed by atoms with Crippen molar-refractivity contribution in [2.45, 2.75) is 0 Å². The van der Waals surface area contributed by atoms with E-state index < -0.39 is 0 Å². The molecule has 0 saturated carbocycles. The van der Waals surface area contributed by atoms with E-state index in [4.69, 9.17) is 14.4 Å². The molecule has 0 aliphatic rings. The number of benzene rings is 10. The Hall–Kier alpha value is -8.14. The smallest absolute Gasteiger partial charge is 0.160 e. The van der Waals surface area contributed by atoms with Gasteiger partial charge < -0.3 is 4.42 Å². The average molecular weight is 777 g/mol. The molecule has 10 aromatic carbocycles. The first-order valence-electron chi connectivity index (χ1n) is 20.7. The molecule has 0 unspecified atom stereocenters. The highest BCUT2D eigenvalue weighted by Crippen LogP contribution is 2.41. The van der Waals surface area contributed by atoms with Crippen LogP contribution in [0.1, 0.15) is 0 Å². The molecule has 12 rings (SSSR count). The SMILES string of the molecule is c1ccc(-c2nc(-c3ccc(-c4cccc5oc6ccccc6c45)cc3)cc(-c3cccc(-c4cccc(-c5c6ccccc6cc6c5ccc5ccccc56)c4)c3)n2)cc1. The topological polar surface area (TPSA) is 38.9 Å². The Labute approximate surface area is 352 Å². The largest absolute Gasteiger partial charge is 0.456 e. The first kappa shape index (κ1) is 34.9. The fraction of sp³-hybridized carbons (Fsp3) is 0. The maximum atomic E-state index is 6.21. The van der Waals surface area contributed by atoms with Gasteiger partial charge in [0.1, 0.15) is 11.2 Å². The zero-order valence-corrected chi connectivity index (χ0v) is 33.1. The minimum Gasteiger partial charge on any atom is -0.456 e. The third kappa shape index (κ3) is 6.06. The summed E-state index contributed by atoms with van der Waals surface area (Å²) in [4.78, 5) is 10.3.